The molecule has 0 aliphatic heterocycles. The van der Waals surface area contributed by atoms with Gasteiger partial charge in [-0.05, 0) is 38.3 Å². The van der Waals surface area contributed by atoms with Crippen molar-refractivity contribution in [3.05, 3.63) is 36.5 Å². The van der Waals surface area contributed by atoms with Crippen molar-refractivity contribution >= 4 is 17.8 Å². The summed E-state index contributed by atoms with van der Waals surface area (Å²) in [6.07, 6.45) is 8.89. The lowest BCUT2D eigenvalue weighted by Gasteiger charge is -2.27. The van der Waals surface area contributed by atoms with Crippen molar-refractivity contribution in [2.75, 3.05) is 0 Å². The Labute approximate surface area is 130 Å². The highest BCUT2D eigenvalue weighted by atomic mass is 16.4. The summed E-state index contributed by atoms with van der Waals surface area (Å²) in [6, 6.07) is -1.04. The molecule has 0 fully saturated rings. The molecule has 0 aromatic carbocycles. The topological polar surface area (TPSA) is 95.5 Å². The van der Waals surface area contributed by atoms with Gasteiger partial charge in [-0.1, -0.05) is 24.8 Å². The van der Waals surface area contributed by atoms with Gasteiger partial charge >= 0.3 is 5.97 Å². The van der Waals surface area contributed by atoms with Crippen LogP contribution in [-0.2, 0) is 14.4 Å². The highest BCUT2D eigenvalue weighted by Crippen LogP contribution is 2.16. The number of hydrogen-bond acceptors (Lipinski definition) is 3. The first-order chi connectivity index (χ1) is 10.3. The van der Waals surface area contributed by atoms with Gasteiger partial charge in [0.2, 0.25) is 11.8 Å². The largest absolute Gasteiger partial charge is 0.480 e. The normalized spacial score (nSPS) is 15.5. The number of hydrogen-bond donors (Lipinski definition) is 3. The van der Waals surface area contributed by atoms with Gasteiger partial charge in [-0.25, -0.2) is 4.79 Å². The van der Waals surface area contributed by atoms with Crippen molar-refractivity contribution in [2.24, 2.45) is 0 Å². The standard InChI is InChI=1S/C16H22N2O4/c1-4-13(19)18-16(2,3)15(22)17-12(14(20)21)10-11-8-6-5-7-9-11/h4,6,8-9,12H,1,5,7,10H2,2-3H3,(H,17,22)(H,18,19)(H,20,21). The van der Waals surface area contributed by atoms with Gasteiger partial charge in [0.25, 0.3) is 0 Å². The van der Waals surface area contributed by atoms with Gasteiger partial charge in [0.1, 0.15) is 11.6 Å². The van der Waals surface area contributed by atoms with Crippen LogP contribution in [0.1, 0.15) is 33.1 Å². The van der Waals surface area contributed by atoms with E-state index in [0.717, 1.165) is 24.5 Å². The summed E-state index contributed by atoms with van der Waals surface area (Å²) >= 11 is 0. The quantitative estimate of drug-likeness (QED) is 0.618. The van der Waals surface area contributed by atoms with E-state index in [1.54, 1.807) is 0 Å². The van der Waals surface area contributed by atoms with Gasteiger partial charge in [-0.3, -0.25) is 9.59 Å². The van der Waals surface area contributed by atoms with E-state index in [9.17, 15) is 19.5 Å². The third kappa shape index (κ3) is 5.20. The number of carboxylic acid groups (broad SMARTS) is 1. The number of rotatable bonds is 7. The van der Waals surface area contributed by atoms with E-state index in [4.69, 9.17) is 0 Å². The molecule has 0 heterocycles. The summed E-state index contributed by atoms with van der Waals surface area (Å²) in [4.78, 5) is 34.9. The predicted octanol–water partition coefficient (Wildman–Crippen LogP) is 1.30. The lowest BCUT2D eigenvalue weighted by molar-refractivity contribution is -0.142. The van der Waals surface area contributed by atoms with E-state index >= 15 is 0 Å². The van der Waals surface area contributed by atoms with E-state index in [2.05, 4.69) is 17.2 Å². The van der Waals surface area contributed by atoms with Crippen LogP contribution in [0.25, 0.3) is 0 Å². The molecule has 22 heavy (non-hydrogen) atoms. The third-order valence-electron chi connectivity index (χ3n) is 3.30. The minimum Gasteiger partial charge on any atom is -0.480 e. The molecule has 2 amide bonds. The number of carboxylic acids is 1. The van der Waals surface area contributed by atoms with Crippen LogP contribution in [0.15, 0.2) is 36.5 Å². The number of carbonyl (C=O) groups is 3. The Bertz CT molecular complexity index is 532. The number of aliphatic carboxylic acids is 1. The Kier molecular flexibility index (Phi) is 6.10. The maximum atomic E-state index is 12.2. The van der Waals surface area contributed by atoms with E-state index in [-0.39, 0.29) is 6.42 Å². The van der Waals surface area contributed by atoms with Gasteiger partial charge in [0.15, 0.2) is 0 Å². The maximum absolute atomic E-state index is 12.2. The van der Waals surface area contributed by atoms with E-state index in [1.165, 1.54) is 13.8 Å². The fourth-order valence-electron chi connectivity index (χ4n) is 2.01. The first kappa shape index (κ1) is 17.7. The van der Waals surface area contributed by atoms with Gasteiger partial charge < -0.3 is 15.7 Å². The molecule has 0 radical (unpaired) electrons. The Morgan fingerprint density at radius 3 is 2.59 bits per heavy atom. The van der Waals surface area contributed by atoms with Crippen LogP contribution in [0.5, 0.6) is 0 Å². The fraction of sp³-hybridized carbons (Fsp3) is 0.438. The van der Waals surface area contributed by atoms with E-state index < -0.39 is 29.4 Å². The molecule has 0 saturated carbocycles. The Hall–Kier alpha value is -2.37. The first-order valence-electron chi connectivity index (χ1n) is 7.10. The highest BCUT2D eigenvalue weighted by molar-refractivity contribution is 5.96. The average molecular weight is 306 g/mol. The summed E-state index contributed by atoms with van der Waals surface area (Å²) in [6.45, 7) is 6.32. The second kappa shape index (κ2) is 7.59. The molecule has 0 saturated heterocycles. The lowest BCUT2D eigenvalue weighted by atomic mass is 9.98. The van der Waals surface area contributed by atoms with Crippen molar-refractivity contribution in [1.82, 2.24) is 10.6 Å². The number of carbonyl (C=O) groups excluding carboxylic acids is 2. The highest BCUT2D eigenvalue weighted by Gasteiger charge is 2.32. The van der Waals surface area contributed by atoms with Crippen molar-refractivity contribution in [3.8, 4) is 0 Å². The van der Waals surface area contributed by atoms with Crippen LogP contribution in [0.4, 0.5) is 0 Å². The molecular formula is C16H22N2O4. The zero-order valence-corrected chi connectivity index (χ0v) is 12.9. The molecule has 3 N–H and O–H groups in total. The Balaban J connectivity index is 2.73. The second-order valence-corrected chi connectivity index (χ2v) is 5.65. The van der Waals surface area contributed by atoms with Crippen LogP contribution in [0, 0.1) is 0 Å². The third-order valence-corrected chi connectivity index (χ3v) is 3.30. The SMILES string of the molecule is C=CC(=O)NC(C)(C)C(=O)NC(CC1=CCCC=C1)C(=O)O. The van der Waals surface area contributed by atoms with Crippen LogP contribution in [-0.4, -0.2) is 34.5 Å². The fourth-order valence-corrected chi connectivity index (χ4v) is 2.01. The van der Waals surface area contributed by atoms with Gasteiger partial charge in [0, 0.05) is 6.42 Å². The van der Waals surface area contributed by atoms with Crippen molar-refractivity contribution in [1.29, 1.82) is 0 Å². The molecule has 1 unspecified atom stereocenters. The zero-order valence-electron chi connectivity index (χ0n) is 12.9. The van der Waals surface area contributed by atoms with Crippen molar-refractivity contribution in [3.63, 3.8) is 0 Å². The van der Waals surface area contributed by atoms with E-state index in [0.29, 0.717) is 0 Å². The van der Waals surface area contributed by atoms with Gasteiger partial charge in [-0.15, -0.1) is 0 Å². The zero-order chi connectivity index (χ0) is 16.8. The smallest absolute Gasteiger partial charge is 0.326 e. The van der Waals surface area contributed by atoms with Crippen LogP contribution >= 0.6 is 0 Å². The minimum atomic E-state index is -1.23. The molecule has 1 aliphatic carbocycles. The molecule has 0 aromatic rings. The van der Waals surface area contributed by atoms with Crippen LogP contribution < -0.4 is 10.6 Å². The molecule has 6 heteroatoms. The molecule has 1 rings (SSSR count). The Morgan fingerprint density at radius 1 is 1.41 bits per heavy atom. The Morgan fingerprint density at radius 2 is 2.09 bits per heavy atom. The molecule has 0 bridgehead atoms. The monoisotopic (exact) mass is 306 g/mol. The molecular weight excluding hydrogens is 284 g/mol. The summed E-state index contributed by atoms with van der Waals surface area (Å²) in [5.41, 5.74) is -0.345. The summed E-state index contributed by atoms with van der Waals surface area (Å²) in [5, 5.41) is 14.2. The number of nitrogens with one attached hydrogen (secondary N) is 2. The first-order valence-corrected chi connectivity index (χ1v) is 7.10. The summed E-state index contributed by atoms with van der Waals surface area (Å²) in [5.74, 6) is -2.17. The number of allylic oxidation sites excluding steroid dienone is 3. The molecule has 0 spiro atoms. The molecule has 6 nitrogen and oxygen atoms in total. The molecule has 0 aromatic heterocycles. The summed E-state index contributed by atoms with van der Waals surface area (Å²) in [7, 11) is 0. The van der Waals surface area contributed by atoms with Crippen LogP contribution in [0.3, 0.4) is 0 Å². The number of amides is 2. The molecule has 120 valence electrons. The molecule has 1 atom stereocenters. The minimum absolute atomic E-state index is 0.211. The van der Waals surface area contributed by atoms with Gasteiger partial charge in [0.05, 0.1) is 0 Å². The van der Waals surface area contributed by atoms with Gasteiger partial charge in [-0.2, -0.15) is 0 Å². The second-order valence-electron chi connectivity index (χ2n) is 5.65. The molecule has 1 aliphatic rings. The van der Waals surface area contributed by atoms with Crippen LogP contribution in [0.2, 0.25) is 0 Å². The predicted molar refractivity (Wildman–Crippen MR) is 83.1 cm³/mol. The average Bonchev–Trinajstić information content (AvgIpc) is 2.46. The maximum Gasteiger partial charge on any atom is 0.326 e. The summed E-state index contributed by atoms with van der Waals surface area (Å²) < 4.78 is 0. The van der Waals surface area contributed by atoms with Crippen molar-refractivity contribution in [2.45, 2.75) is 44.7 Å². The van der Waals surface area contributed by atoms with Crippen molar-refractivity contribution < 1.29 is 19.5 Å². The van der Waals surface area contributed by atoms with E-state index in [1.807, 2.05) is 18.2 Å². The lowest BCUT2D eigenvalue weighted by Crippen LogP contribution is -2.57.